The molecule has 8 amide bonds. The molecule has 7 rings (SSSR count). The monoisotopic (exact) mass is 1350 g/mol. The molecule has 4 fully saturated rings. The number of methoxy groups -OCH3 is 1. The van der Waals surface area contributed by atoms with Crippen LogP contribution >= 0.6 is 12.3 Å². The number of aliphatic hydroxyl groups excluding tert-OH is 7. The maximum atomic E-state index is 14.7. The average molecular weight is 1350 g/mol. The van der Waals surface area contributed by atoms with Crippen LogP contribution in [0.3, 0.4) is 0 Å². The first-order valence-corrected chi connectivity index (χ1v) is 31.2. The molecule has 14 atom stereocenters. The summed E-state index contributed by atoms with van der Waals surface area (Å²) in [6.07, 6.45) is -10.7. The van der Waals surface area contributed by atoms with Gasteiger partial charge in [-0.15, -0.1) is 4.33 Å². The van der Waals surface area contributed by atoms with Gasteiger partial charge in [0.2, 0.25) is 41.4 Å². The van der Waals surface area contributed by atoms with E-state index < -0.39 is 183 Å². The van der Waals surface area contributed by atoms with Crippen molar-refractivity contribution in [2.45, 2.75) is 144 Å². The molecule has 14 unspecified atom stereocenters. The molecule has 15 N–H and O–H groups in total. The van der Waals surface area contributed by atoms with Crippen LogP contribution in [0.25, 0.3) is 0 Å². The van der Waals surface area contributed by atoms with Crippen LogP contribution in [-0.4, -0.2) is 237 Å². The summed E-state index contributed by atoms with van der Waals surface area (Å²) in [7, 11) is 1.70. The van der Waals surface area contributed by atoms with Crippen LogP contribution in [0, 0.1) is 5.92 Å². The Morgan fingerprint density at radius 2 is 1.33 bits per heavy atom. The van der Waals surface area contributed by atoms with Crippen LogP contribution in [0.1, 0.15) is 87.2 Å². The van der Waals surface area contributed by atoms with Crippen molar-refractivity contribution < 1.29 is 137 Å². The van der Waals surface area contributed by atoms with Gasteiger partial charge >= 0.3 is 29.6 Å². The molecule has 0 bridgehead atoms. The molecule has 94 heavy (non-hydrogen) atoms. The van der Waals surface area contributed by atoms with E-state index in [9.17, 15) is 84.5 Å². The molecule has 0 spiro atoms. The number of hydrogen-bond acceptors (Lipinski definition) is 25. The summed E-state index contributed by atoms with van der Waals surface area (Å²) >= 11 is -0.0820. The van der Waals surface area contributed by atoms with Crippen molar-refractivity contribution in [1.29, 1.82) is 0 Å². The Morgan fingerprint density at radius 1 is 0.734 bits per heavy atom. The Kier molecular flexibility index (Phi) is 29.6. The third-order valence-electron chi connectivity index (χ3n) is 16.7. The van der Waals surface area contributed by atoms with Crippen LogP contribution in [0.2, 0.25) is 0 Å². The molecule has 4 aliphatic rings. The second kappa shape index (κ2) is 36.4. The molecular weight excluding hydrogens is 1270 g/mol. The minimum absolute atomic E-state index is 0. The number of rotatable bonds is 24. The molecular formula is C60H83N10NaO22S. The number of ether oxygens (including phenoxy) is 2. The summed E-state index contributed by atoms with van der Waals surface area (Å²) in [6.45, 7) is 4.77. The van der Waals surface area contributed by atoms with Crippen molar-refractivity contribution >= 4 is 71.0 Å². The number of hydrogen-bond donors (Lipinski definition) is 14. The summed E-state index contributed by atoms with van der Waals surface area (Å²) in [5.74, 6) is -11.1. The van der Waals surface area contributed by atoms with E-state index in [1.54, 1.807) is 19.2 Å². The van der Waals surface area contributed by atoms with Gasteiger partial charge in [-0.2, -0.15) is 0 Å². The van der Waals surface area contributed by atoms with E-state index in [1.165, 1.54) is 19.1 Å². The van der Waals surface area contributed by atoms with Gasteiger partial charge in [0.05, 0.1) is 43.5 Å². The second-order valence-electron chi connectivity index (χ2n) is 23.5. The van der Waals surface area contributed by atoms with Gasteiger partial charge < -0.3 is 112 Å². The van der Waals surface area contributed by atoms with E-state index in [1.807, 2.05) is 24.3 Å². The summed E-state index contributed by atoms with van der Waals surface area (Å²) in [6, 6.07) is 5.09. The third-order valence-corrected chi connectivity index (χ3v) is 17.0. The number of nitrogens with one attached hydrogen (secondary N) is 5. The predicted molar refractivity (Wildman–Crippen MR) is 326 cm³/mol. The molecule has 4 aliphatic heterocycles. The van der Waals surface area contributed by atoms with E-state index in [0.29, 0.717) is 32.8 Å². The Labute approximate surface area is 568 Å². The number of nitrogens with two attached hydrogens (primary N) is 1. The zero-order chi connectivity index (χ0) is 67.6. The molecule has 3 aromatic carbocycles. The molecule has 4 saturated heterocycles. The van der Waals surface area contributed by atoms with Crippen LogP contribution in [0.4, 0.5) is 11.4 Å². The fourth-order valence-electron chi connectivity index (χ4n) is 11.5. The van der Waals surface area contributed by atoms with E-state index in [4.69, 9.17) is 19.4 Å². The van der Waals surface area contributed by atoms with Crippen LogP contribution in [0.5, 0.6) is 17.2 Å². The average Bonchev–Trinajstić information content (AvgIpc) is 1.56. The zero-order valence-electron chi connectivity index (χ0n) is 52.5. The number of piperazine rings is 1. The van der Waals surface area contributed by atoms with E-state index in [-0.39, 0.29) is 53.0 Å². The van der Waals surface area contributed by atoms with Crippen LogP contribution < -0.4 is 85.9 Å². The molecule has 4 heterocycles. The molecule has 3 aromatic rings. The third kappa shape index (κ3) is 20.4. The van der Waals surface area contributed by atoms with Crippen molar-refractivity contribution in [3.63, 3.8) is 0 Å². The Morgan fingerprint density at radius 3 is 1.95 bits per heavy atom. The van der Waals surface area contributed by atoms with Gasteiger partial charge in [-0.25, -0.2) is 0 Å². The topological polar surface area (TPSA) is 467 Å². The van der Waals surface area contributed by atoms with Crippen molar-refractivity contribution in [3.8, 4) is 17.2 Å². The summed E-state index contributed by atoms with van der Waals surface area (Å²) in [5, 5.41) is 116. The zero-order valence-corrected chi connectivity index (χ0v) is 55.3. The molecule has 34 heteroatoms. The first kappa shape index (κ1) is 76.3. The first-order chi connectivity index (χ1) is 44.4. The predicted octanol–water partition coefficient (Wildman–Crippen LogP) is -6.82. The number of anilines is 2. The number of amides is 8. The standard InChI is InChI=1S/C60H84N10O22S.Na/c1-32-30-70-50(51(32)77)58(84)62-29-38(72)26-41(63-54(80)34-9-12-36(13-10-34)67-19-21-68(22-20-67)37-14-16-40(17-15-37)89-24-8-6-4-5-7-23-88-3)55(81)64-47(33(2)71)59(85)69-31-39(73)27-42(69)56(82)66-49(57(83)65-48(60(70)86)44(75)28-46(61)76)53(79)52(78)35-11-18-43(74)45(25-35)90-93-92-91-87;/h9-18,25,32-33,38-39,41-42,44,47-53,71-75,77-79,87H,4-8,19-24,26-31H2,1-3H3,(H2,61,76)(H,62,84)(H,63,80)(H,64,81)(H,65,83)(H,66,82);/q;+1/p-1. The maximum Gasteiger partial charge on any atom is 1.00 e. The minimum atomic E-state index is -2.53. The second-order valence-corrected chi connectivity index (χ2v) is 23.9. The number of unbranched alkanes of at least 4 members (excludes halogenated alkanes) is 4. The number of primary amides is 1. The number of fused-ring (bicyclic) bond motifs is 2. The number of phenols is 1. The maximum absolute atomic E-state index is 14.7. The van der Waals surface area contributed by atoms with Gasteiger partial charge in [0.1, 0.15) is 54.2 Å². The number of aliphatic hydroxyl groups is 7. The number of β-amino-alcohol motifs (C(OH)–C–C–N with tert-alkyl or cyclic N) is 1. The van der Waals surface area contributed by atoms with Gasteiger partial charge in [-0.05, 0) is 86.0 Å². The number of carbonyl (C=O) groups excluding carboxylic acids is 8. The number of phenolic OH excluding ortho intramolecular Hbond substituents is 1. The van der Waals surface area contributed by atoms with Gasteiger partial charge in [0, 0.05) is 95.2 Å². The van der Waals surface area contributed by atoms with E-state index in [2.05, 4.69) is 45.8 Å². The molecule has 0 aliphatic carbocycles. The van der Waals surface area contributed by atoms with Gasteiger partial charge in [-0.1, -0.05) is 32.3 Å². The Bertz CT molecular complexity index is 3030. The molecule has 32 nitrogen and oxygen atoms in total. The molecule has 0 saturated carbocycles. The quantitative estimate of drug-likeness (QED) is 0.0130. The Hall–Kier alpha value is -6.67. The first-order valence-electron chi connectivity index (χ1n) is 30.5. The van der Waals surface area contributed by atoms with E-state index >= 15 is 0 Å². The fraction of sp³-hybridized carbons (Fsp3) is 0.567. The van der Waals surface area contributed by atoms with Crippen LogP contribution in [-0.2, 0) is 47.7 Å². The number of aromatic hydroxyl groups is 1. The van der Waals surface area contributed by atoms with Crippen molar-refractivity contribution in [2.24, 2.45) is 11.7 Å². The van der Waals surface area contributed by atoms with Gasteiger partial charge in [-0.3, -0.25) is 43.4 Å². The summed E-state index contributed by atoms with van der Waals surface area (Å²) in [4.78, 5) is 120. The molecule has 0 aromatic heterocycles. The summed E-state index contributed by atoms with van der Waals surface area (Å²) in [5.41, 5.74) is 6.91. The van der Waals surface area contributed by atoms with Gasteiger partial charge in [0.25, 0.3) is 18.2 Å². The van der Waals surface area contributed by atoms with Crippen molar-refractivity contribution in [1.82, 2.24) is 36.4 Å². The smallest absolute Gasteiger partial charge is 0.691 e. The van der Waals surface area contributed by atoms with Gasteiger partial charge in [0.15, 0.2) is 11.5 Å². The van der Waals surface area contributed by atoms with Crippen molar-refractivity contribution in [2.75, 3.05) is 75.9 Å². The fourth-order valence-corrected chi connectivity index (χ4v) is 11.8. The van der Waals surface area contributed by atoms with Crippen LogP contribution in [0.15, 0.2) is 66.7 Å². The van der Waals surface area contributed by atoms with Crippen molar-refractivity contribution in [3.05, 3.63) is 77.9 Å². The number of nitrogens with zero attached hydrogens (tertiary/aromatic N) is 4. The number of benzene rings is 3. The minimum Gasteiger partial charge on any atom is -0.691 e. The SMILES string of the molecule is COCCCCCCCOc1ccc(N2CCN(c3ccc(C(=O)NC4CC(O)CNC(=O)C5C(O)C(C)CN5C(=O)C(C(O)CC(N)=O)NC(=O)C(C(O)C(O)c5ccc(O)c(OSOO[O-])c5)NC(=O)C5CC(O)CN5C(=O)C(C(C)O)NC4=O)cc3)CC2)cc1.[Na+]. The Balaban J connectivity index is 0.0000140. The normalized spacial score (nSPS) is 25.6. The number of carbonyl (C=O) groups is 8. The molecule has 512 valence electrons. The summed E-state index contributed by atoms with van der Waals surface area (Å²) < 4.78 is 20.1. The largest absolute Gasteiger partial charge is 1.00 e. The molecule has 0 radical (unpaired) electrons. The van der Waals surface area contributed by atoms with E-state index in [0.717, 1.165) is 90.8 Å².